The maximum atomic E-state index is 11.6. The first-order valence-corrected chi connectivity index (χ1v) is 5.28. The van der Waals surface area contributed by atoms with Crippen molar-refractivity contribution in [3.8, 4) is 0 Å². The summed E-state index contributed by atoms with van der Waals surface area (Å²) < 4.78 is 4.84. The predicted octanol–water partition coefficient (Wildman–Crippen LogP) is 2.18. The molecule has 0 aromatic heterocycles. The molecular weight excluding hydrogens is 740 g/mol. The summed E-state index contributed by atoms with van der Waals surface area (Å²) >= 11 is 0. The molecule has 2 aliphatic rings. The van der Waals surface area contributed by atoms with Crippen molar-refractivity contribution >= 4 is 5.97 Å². The molecule has 0 heterocycles. The molecule has 0 radical (unpaired) electrons. The Labute approximate surface area is 153 Å². The maximum Gasteiger partial charge on any atom is 2.00 e. The van der Waals surface area contributed by atoms with E-state index in [-0.39, 0.29) is 69.2 Å². The summed E-state index contributed by atoms with van der Waals surface area (Å²) in [5, 5.41) is 0. The summed E-state index contributed by atoms with van der Waals surface area (Å²) in [4.78, 5) is 11.6. The van der Waals surface area contributed by atoms with E-state index in [9.17, 15) is 4.79 Å². The largest absolute Gasteiger partial charge is 2.00 e. The quantitative estimate of drug-likeness (QED) is 0.304. The van der Waals surface area contributed by atoms with Gasteiger partial charge in [0, 0.05) is 21.1 Å². The SMILES string of the molecule is COC(=O)C1(C)[CH-]C2[CH-]C=C[CH-]C2[CH-]C1.[W+2].[W+2].[W]. The average molecular weight is 756 g/mol. The summed E-state index contributed by atoms with van der Waals surface area (Å²) in [7, 11) is 1.45. The van der Waals surface area contributed by atoms with Crippen molar-refractivity contribution in [2.45, 2.75) is 13.3 Å². The Balaban J connectivity index is 0. The Morgan fingerprint density at radius 1 is 1.28 bits per heavy atom. The molecular formula is C13H16O2W3. The van der Waals surface area contributed by atoms with Crippen LogP contribution in [0, 0.1) is 42.9 Å². The Morgan fingerprint density at radius 2 is 1.83 bits per heavy atom. The zero-order valence-electron chi connectivity index (χ0n) is 10.4. The van der Waals surface area contributed by atoms with Crippen molar-refractivity contribution in [3.63, 3.8) is 0 Å². The van der Waals surface area contributed by atoms with Gasteiger partial charge in [-0.3, -0.25) is 16.6 Å². The molecule has 3 atom stereocenters. The number of ether oxygens (including phenoxy) is 1. The molecule has 2 rings (SSSR count). The van der Waals surface area contributed by atoms with Gasteiger partial charge >= 0.3 is 42.1 Å². The fourth-order valence-electron chi connectivity index (χ4n) is 2.30. The van der Waals surface area contributed by atoms with Gasteiger partial charge < -0.3 is 42.6 Å². The summed E-state index contributed by atoms with van der Waals surface area (Å²) in [6.45, 7) is 1.94. The van der Waals surface area contributed by atoms with Gasteiger partial charge in [0.1, 0.15) is 0 Å². The zero-order valence-corrected chi connectivity index (χ0v) is 19.2. The molecule has 3 unspecified atom stereocenters. The van der Waals surface area contributed by atoms with E-state index in [1.807, 2.05) is 13.0 Å². The number of esters is 1. The molecule has 0 N–H and O–H groups in total. The van der Waals surface area contributed by atoms with Crippen LogP contribution in [-0.2, 0) is 72.7 Å². The van der Waals surface area contributed by atoms with E-state index in [0.717, 1.165) is 6.42 Å². The molecule has 0 saturated heterocycles. The van der Waals surface area contributed by atoms with Crippen molar-refractivity contribution in [2.24, 2.45) is 17.3 Å². The Hall–Kier alpha value is 1.01. The number of methoxy groups -OCH3 is 1. The van der Waals surface area contributed by atoms with Crippen molar-refractivity contribution in [2.75, 3.05) is 7.11 Å². The first-order chi connectivity index (χ1) is 7.15. The number of carbonyl (C=O) groups excluding carboxylic acids is 1. The van der Waals surface area contributed by atoms with Crippen molar-refractivity contribution in [1.29, 1.82) is 0 Å². The van der Waals surface area contributed by atoms with Crippen LogP contribution in [0.15, 0.2) is 12.2 Å². The fourth-order valence-corrected chi connectivity index (χ4v) is 2.30. The van der Waals surface area contributed by atoms with Crippen molar-refractivity contribution < 1.29 is 72.7 Å². The van der Waals surface area contributed by atoms with Gasteiger partial charge in [0.05, 0.1) is 7.11 Å². The average Bonchev–Trinajstić information content (AvgIpc) is 2.27. The molecule has 0 amide bonds. The van der Waals surface area contributed by atoms with Crippen molar-refractivity contribution in [1.82, 2.24) is 0 Å². The number of fused-ring (bicyclic) bond motifs is 1. The number of rotatable bonds is 1. The Morgan fingerprint density at radius 3 is 2.39 bits per heavy atom. The van der Waals surface area contributed by atoms with Gasteiger partial charge in [0.2, 0.25) is 0 Å². The van der Waals surface area contributed by atoms with Gasteiger partial charge in [-0.05, 0) is 0 Å². The first kappa shape index (κ1) is 21.3. The number of hydrogen-bond acceptors (Lipinski definition) is 2. The van der Waals surface area contributed by atoms with Crippen LogP contribution in [0.5, 0.6) is 0 Å². The van der Waals surface area contributed by atoms with Crippen LogP contribution in [0.4, 0.5) is 0 Å². The predicted molar refractivity (Wildman–Crippen MR) is 58.1 cm³/mol. The summed E-state index contributed by atoms with van der Waals surface area (Å²) in [6.07, 6.45) is 13.5. The van der Waals surface area contributed by atoms with E-state index in [2.05, 4.69) is 31.8 Å². The summed E-state index contributed by atoms with van der Waals surface area (Å²) in [6, 6.07) is 0. The zero-order chi connectivity index (χ0) is 10.9. The molecule has 2 aliphatic carbocycles. The molecule has 1 fully saturated rings. The van der Waals surface area contributed by atoms with Crippen LogP contribution in [0.1, 0.15) is 13.3 Å². The van der Waals surface area contributed by atoms with Crippen LogP contribution < -0.4 is 0 Å². The molecule has 0 aliphatic heterocycles. The number of carbonyl (C=O) groups is 1. The van der Waals surface area contributed by atoms with Crippen LogP contribution in [-0.4, -0.2) is 13.1 Å². The molecule has 5 heteroatoms. The second kappa shape index (κ2) is 9.04. The molecule has 0 aromatic rings. The van der Waals surface area contributed by atoms with Crippen molar-refractivity contribution in [3.05, 3.63) is 37.8 Å². The summed E-state index contributed by atoms with van der Waals surface area (Å²) in [5.74, 6) is 0.653. The molecule has 0 spiro atoms. The monoisotopic (exact) mass is 756 g/mol. The van der Waals surface area contributed by atoms with Crippen LogP contribution in [0.3, 0.4) is 0 Å². The molecule has 0 aromatic carbocycles. The molecule has 2 nitrogen and oxygen atoms in total. The van der Waals surface area contributed by atoms with Gasteiger partial charge in [-0.25, -0.2) is 0 Å². The van der Waals surface area contributed by atoms with E-state index in [1.54, 1.807) is 0 Å². The minimum absolute atomic E-state index is 0. The molecule has 1 saturated carbocycles. The van der Waals surface area contributed by atoms with E-state index < -0.39 is 5.41 Å². The standard InChI is InChI=1S/C13H16O2.3W/c1-13(12(14)15-2)8-7-10-5-3-4-6-11(10)9-13;;;/h3-7,9-11H,8H2,1-2H3;;;/q-4;;2*+2. The molecule has 98 valence electrons. The number of allylic oxidation sites excluding steroid dienone is 2. The molecule has 0 bridgehead atoms. The topological polar surface area (TPSA) is 26.3 Å². The summed E-state index contributed by atoms with van der Waals surface area (Å²) in [5.41, 5.74) is -0.453. The Bertz CT molecular complexity index is 294. The van der Waals surface area contributed by atoms with Crippen LogP contribution in [0.2, 0.25) is 0 Å². The third kappa shape index (κ3) is 4.54. The van der Waals surface area contributed by atoms with E-state index in [4.69, 9.17) is 4.74 Å². The van der Waals surface area contributed by atoms with Gasteiger partial charge in [-0.1, -0.05) is 12.3 Å². The number of hydrogen-bond donors (Lipinski definition) is 0. The fraction of sp³-hybridized carbons (Fsp3) is 0.462. The van der Waals surface area contributed by atoms with E-state index >= 15 is 0 Å². The van der Waals surface area contributed by atoms with E-state index in [0.29, 0.717) is 11.8 Å². The van der Waals surface area contributed by atoms with Gasteiger partial charge in [0.15, 0.2) is 0 Å². The normalized spacial score (nSPS) is 32.1. The van der Waals surface area contributed by atoms with Gasteiger partial charge in [-0.15, -0.1) is 0 Å². The molecule has 18 heavy (non-hydrogen) atoms. The second-order valence-electron chi connectivity index (χ2n) is 4.44. The third-order valence-corrected chi connectivity index (χ3v) is 3.25. The first-order valence-electron chi connectivity index (χ1n) is 5.28. The Kier molecular flexibility index (Phi) is 10.7. The minimum atomic E-state index is -0.453. The van der Waals surface area contributed by atoms with Crippen LogP contribution in [0.25, 0.3) is 0 Å². The second-order valence-corrected chi connectivity index (χ2v) is 4.44. The minimum Gasteiger partial charge on any atom is -0.471 e. The third-order valence-electron chi connectivity index (χ3n) is 3.25. The van der Waals surface area contributed by atoms with Gasteiger partial charge in [-0.2, -0.15) is 6.42 Å². The smallest absolute Gasteiger partial charge is 0.471 e. The maximum absolute atomic E-state index is 11.6. The van der Waals surface area contributed by atoms with E-state index in [1.165, 1.54) is 7.11 Å². The van der Waals surface area contributed by atoms with Crippen LogP contribution >= 0.6 is 0 Å². The van der Waals surface area contributed by atoms with Gasteiger partial charge in [0.25, 0.3) is 5.97 Å².